The maximum absolute atomic E-state index is 5.86. The van der Waals surface area contributed by atoms with Gasteiger partial charge in [0.1, 0.15) is 0 Å². The second kappa shape index (κ2) is 9.22. The van der Waals surface area contributed by atoms with Crippen LogP contribution in [0, 0.1) is 29.6 Å². The molecule has 0 aliphatic heterocycles. The first-order valence-corrected chi connectivity index (χ1v) is 10.6. The van der Waals surface area contributed by atoms with Crippen LogP contribution in [0.1, 0.15) is 77.0 Å². The summed E-state index contributed by atoms with van der Waals surface area (Å²) in [5.74, 6) is 4.90. The highest BCUT2D eigenvalue weighted by molar-refractivity contribution is 4.89. The maximum Gasteiger partial charge on any atom is 0.0648 e. The fourth-order valence-corrected chi connectivity index (χ4v) is 5.87. The van der Waals surface area contributed by atoms with Crippen molar-refractivity contribution in [2.45, 2.75) is 83.2 Å². The van der Waals surface area contributed by atoms with E-state index in [4.69, 9.17) is 4.74 Å². The Bertz CT molecular complexity index is 377. The molecule has 24 heavy (non-hydrogen) atoms. The molecule has 3 aliphatic rings. The summed E-state index contributed by atoms with van der Waals surface area (Å²) in [6.45, 7) is 8.48. The third-order valence-electron chi connectivity index (χ3n) is 7.47. The van der Waals surface area contributed by atoms with Crippen molar-refractivity contribution in [2.24, 2.45) is 29.6 Å². The Morgan fingerprint density at radius 3 is 1.46 bits per heavy atom. The second-order valence-electron chi connectivity index (χ2n) is 8.74. The third-order valence-corrected chi connectivity index (χ3v) is 7.47. The van der Waals surface area contributed by atoms with Gasteiger partial charge in [0, 0.05) is 0 Å². The summed E-state index contributed by atoms with van der Waals surface area (Å²) < 4.78 is 5.86. The van der Waals surface area contributed by atoms with E-state index >= 15 is 0 Å². The molecule has 0 spiro atoms. The van der Waals surface area contributed by atoms with E-state index < -0.39 is 0 Å². The number of hydrogen-bond donors (Lipinski definition) is 0. The number of ether oxygens (including phenoxy) is 1. The first-order chi connectivity index (χ1) is 11.8. The molecule has 0 aromatic rings. The molecule has 0 unspecified atom stereocenters. The van der Waals surface area contributed by atoms with Crippen molar-refractivity contribution in [1.29, 1.82) is 0 Å². The Morgan fingerprint density at radius 2 is 1.04 bits per heavy atom. The van der Waals surface area contributed by atoms with E-state index in [-0.39, 0.29) is 0 Å². The zero-order valence-corrected chi connectivity index (χ0v) is 15.6. The Kier molecular flexibility index (Phi) is 7.01. The van der Waals surface area contributed by atoms with Gasteiger partial charge in [0.2, 0.25) is 0 Å². The molecule has 1 heteroatoms. The second-order valence-corrected chi connectivity index (χ2v) is 8.74. The highest BCUT2D eigenvalue weighted by atomic mass is 16.5. The van der Waals surface area contributed by atoms with Gasteiger partial charge in [0.15, 0.2) is 0 Å². The van der Waals surface area contributed by atoms with Crippen molar-refractivity contribution in [3.05, 3.63) is 25.3 Å². The molecule has 0 atom stereocenters. The molecule has 0 bridgehead atoms. The standard InChI is InChI=1S/C23H38O/c1-3-17-24-23-15-13-22(14-16-23)21-11-9-20(10-12-21)19-7-5-18(4-2)6-8-19/h3-4,18-23H,1-2,5-17H2. The summed E-state index contributed by atoms with van der Waals surface area (Å²) in [5, 5.41) is 0. The number of allylic oxidation sites excluding steroid dienone is 1. The maximum atomic E-state index is 5.86. The first kappa shape index (κ1) is 18.2. The molecule has 3 fully saturated rings. The van der Waals surface area contributed by atoms with Crippen LogP contribution in [0.3, 0.4) is 0 Å². The third kappa shape index (κ3) is 4.75. The van der Waals surface area contributed by atoms with Gasteiger partial charge in [-0.15, -0.1) is 13.2 Å². The molecule has 3 saturated carbocycles. The van der Waals surface area contributed by atoms with Gasteiger partial charge in [0.25, 0.3) is 0 Å². The number of rotatable bonds is 6. The molecule has 0 saturated heterocycles. The minimum absolute atomic E-state index is 0.510. The normalized spacial score (nSPS) is 40.8. The van der Waals surface area contributed by atoms with Gasteiger partial charge in [-0.2, -0.15) is 0 Å². The van der Waals surface area contributed by atoms with E-state index in [9.17, 15) is 0 Å². The van der Waals surface area contributed by atoms with Crippen molar-refractivity contribution in [3.8, 4) is 0 Å². The smallest absolute Gasteiger partial charge is 0.0648 e. The molecule has 0 heterocycles. The number of hydrogen-bond acceptors (Lipinski definition) is 1. The largest absolute Gasteiger partial charge is 0.374 e. The van der Waals surface area contributed by atoms with E-state index in [1.54, 1.807) is 0 Å². The van der Waals surface area contributed by atoms with Crippen LogP contribution >= 0.6 is 0 Å². The topological polar surface area (TPSA) is 9.23 Å². The van der Waals surface area contributed by atoms with E-state index in [0.717, 1.165) is 36.2 Å². The van der Waals surface area contributed by atoms with Gasteiger partial charge in [-0.05, 0) is 107 Å². The highest BCUT2D eigenvalue weighted by Crippen LogP contribution is 2.45. The zero-order valence-electron chi connectivity index (χ0n) is 15.6. The lowest BCUT2D eigenvalue weighted by Crippen LogP contribution is -2.31. The predicted octanol–water partition coefficient (Wildman–Crippen LogP) is 6.55. The van der Waals surface area contributed by atoms with Crippen molar-refractivity contribution >= 4 is 0 Å². The van der Waals surface area contributed by atoms with Gasteiger partial charge in [-0.3, -0.25) is 0 Å². The Hall–Kier alpha value is -0.560. The molecule has 3 rings (SSSR count). The molecule has 0 amide bonds. The van der Waals surface area contributed by atoms with Crippen molar-refractivity contribution < 1.29 is 4.74 Å². The van der Waals surface area contributed by atoms with Crippen LogP contribution in [0.5, 0.6) is 0 Å². The van der Waals surface area contributed by atoms with Crippen LogP contribution in [0.15, 0.2) is 25.3 Å². The van der Waals surface area contributed by atoms with E-state index in [0.29, 0.717) is 6.10 Å². The SMILES string of the molecule is C=CCOC1CCC(C2CCC(C3CCC(C=C)CC3)CC2)CC1. The molecular weight excluding hydrogens is 292 g/mol. The first-order valence-electron chi connectivity index (χ1n) is 10.6. The molecular formula is C23H38O. The minimum atomic E-state index is 0.510. The van der Waals surface area contributed by atoms with Gasteiger partial charge in [-0.25, -0.2) is 0 Å². The zero-order chi connectivity index (χ0) is 16.8. The summed E-state index contributed by atoms with van der Waals surface area (Å²) >= 11 is 0. The van der Waals surface area contributed by atoms with Gasteiger partial charge in [0.05, 0.1) is 12.7 Å². The van der Waals surface area contributed by atoms with Crippen LogP contribution < -0.4 is 0 Å². The Labute approximate surface area is 149 Å². The summed E-state index contributed by atoms with van der Waals surface area (Å²) in [7, 11) is 0. The molecule has 0 aromatic heterocycles. The van der Waals surface area contributed by atoms with Gasteiger partial charge < -0.3 is 4.74 Å². The average molecular weight is 331 g/mol. The lowest BCUT2D eigenvalue weighted by atomic mass is 9.65. The van der Waals surface area contributed by atoms with E-state index in [2.05, 4.69) is 19.2 Å². The Morgan fingerprint density at radius 1 is 0.625 bits per heavy atom. The van der Waals surface area contributed by atoms with Crippen LogP contribution in [0.2, 0.25) is 0 Å². The summed E-state index contributed by atoms with van der Waals surface area (Å²) in [6.07, 6.45) is 21.8. The molecule has 136 valence electrons. The fraction of sp³-hybridized carbons (Fsp3) is 0.826. The fourth-order valence-electron chi connectivity index (χ4n) is 5.87. The van der Waals surface area contributed by atoms with Crippen molar-refractivity contribution in [2.75, 3.05) is 6.61 Å². The van der Waals surface area contributed by atoms with E-state index in [1.165, 1.54) is 77.0 Å². The molecule has 0 N–H and O–H groups in total. The predicted molar refractivity (Wildman–Crippen MR) is 103 cm³/mol. The van der Waals surface area contributed by atoms with Crippen LogP contribution in [-0.2, 0) is 4.74 Å². The summed E-state index contributed by atoms with van der Waals surface area (Å²) in [5.41, 5.74) is 0. The van der Waals surface area contributed by atoms with Crippen molar-refractivity contribution in [3.63, 3.8) is 0 Å². The lowest BCUT2D eigenvalue weighted by Gasteiger charge is -2.41. The lowest BCUT2D eigenvalue weighted by molar-refractivity contribution is 0.0190. The van der Waals surface area contributed by atoms with Crippen LogP contribution in [0.4, 0.5) is 0 Å². The van der Waals surface area contributed by atoms with E-state index in [1.807, 2.05) is 6.08 Å². The molecule has 3 aliphatic carbocycles. The quantitative estimate of drug-likeness (QED) is 0.502. The van der Waals surface area contributed by atoms with Gasteiger partial charge >= 0.3 is 0 Å². The van der Waals surface area contributed by atoms with Crippen molar-refractivity contribution in [1.82, 2.24) is 0 Å². The van der Waals surface area contributed by atoms with Crippen LogP contribution in [0.25, 0.3) is 0 Å². The molecule has 0 radical (unpaired) electrons. The summed E-state index contributed by atoms with van der Waals surface area (Å²) in [4.78, 5) is 0. The van der Waals surface area contributed by atoms with Crippen LogP contribution in [-0.4, -0.2) is 12.7 Å². The summed E-state index contributed by atoms with van der Waals surface area (Å²) in [6, 6.07) is 0. The average Bonchev–Trinajstić information content (AvgIpc) is 2.67. The minimum Gasteiger partial charge on any atom is -0.374 e. The Balaban J connectivity index is 1.37. The van der Waals surface area contributed by atoms with Gasteiger partial charge in [-0.1, -0.05) is 12.2 Å². The highest BCUT2D eigenvalue weighted by Gasteiger charge is 2.34. The molecule has 1 nitrogen and oxygen atoms in total. The molecule has 0 aromatic carbocycles. The monoisotopic (exact) mass is 330 g/mol.